The lowest BCUT2D eigenvalue weighted by Gasteiger charge is -2.30. The molecule has 0 aliphatic rings. The highest BCUT2D eigenvalue weighted by atomic mass is 16.5. The lowest BCUT2D eigenvalue weighted by Crippen LogP contribution is -2.31. The van der Waals surface area contributed by atoms with Gasteiger partial charge >= 0.3 is 0 Å². The largest absolute Gasteiger partial charge is 0.369 e. The first kappa shape index (κ1) is 21.3. The molecule has 10 nitrogen and oxygen atoms in total. The molecule has 0 radical (unpaired) electrons. The first-order chi connectivity index (χ1) is 15.4. The molecule has 1 atom stereocenters. The molecule has 4 aromatic heterocycles. The number of hydrogen-bond donors (Lipinski definition) is 2. The van der Waals surface area contributed by atoms with Gasteiger partial charge in [0.1, 0.15) is 11.5 Å². The molecule has 4 heterocycles. The number of pyridine rings is 1. The van der Waals surface area contributed by atoms with E-state index in [4.69, 9.17) is 10.3 Å². The molecule has 32 heavy (non-hydrogen) atoms. The van der Waals surface area contributed by atoms with Crippen molar-refractivity contribution in [2.75, 3.05) is 17.6 Å². The molecule has 0 amide bonds. The van der Waals surface area contributed by atoms with E-state index in [1.807, 2.05) is 25.3 Å². The second-order valence-corrected chi connectivity index (χ2v) is 7.86. The Balaban J connectivity index is 1.64. The van der Waals surface area contributed by atoms with E-state index < -0.39 is 5.41 Å². The van der Waals surface area contributed by atoms with Crippen LogP contribution in [0.25, 0.3) is 22.8 Å². The van der Waals surface area contributed by atoms with E-state index in [1.54, 1.807) is 24.8 Å². The fourth-order valence-electron chi connectivity index (χ4n) is 3.31. The van der Waals surface area contributed by atoms with Gasteiger partial charge < -0.3 is 15.6 Å². The summed E-state index contributed by atoms with van der Waals surface area (Å²) in [5, 5.41) is 7.39. The topological polar surface area (TPSA) is 141 Å². The number of nitrogens with zero attached hydrogens (tertiary/aromatic N) is 7. The van der Waals surface area contributed by atoms with Crippen LogP contribution in [0.2, 0.25) is 0 Å². The first-order valence-electron chi connectivity index (χ1n) is 10.4. The summed E-state index contributed by atoms with van der Waals surface area (Å²) in [4.78, 5) is 26.0. The van der Waals surface area contributed by atoms with Crippen LogP contribution in [0.1, 0.15) is 39.1 Å². The third-order valence-corrected chi connectivity index (χ3v) is 5.60. The van der Waals surface area contributed by atoms with Crippen LogP contribution in [0.4, 0.5) is 11.8 Å². The molecule has 4 rings (SSSR count). The summed E-state index contributed by atoms with van der Waals surface area (Å²) in [6.07, 6.45) is 8.40. The van der Waals surface area contributed by atoms with Gasteiger partial charge in [-0.1, -0.05) is 25.1 Å². The Morgan fingerprint density at radius 1 is 0.969 bits per heavy atom. The van der Waals surface area contributed by atoms with Crippen LogP contribution in [0, 0.1) is 5.92 Å². The van der Waals surface area contributed by atoms with Crippen molar-refractivity contribution in [2.24, 2.45) is 5.92 Å². The predicted octanol–water partition coefficient (Wildman–Crippen LogP) is 3.35. The number of aromatic nitrogens is 7. The summed E-state index contributed by atoms with van der Waals surface area (Å²) >= 11 is 0. The molecule has 0 spiro atoms. The number of nitrogen functional groups attached to an aromatic ring is 1. The molecule has 4 aromatic rings. The zero-order valence-electron chi connectivity index (χ0n) is 18.4. The van der Waals surface area contributed by atoms with E-state index >= 15 is 0 Å². The smallest absolute Gasteiger partial charge is 0.278 e. The van der Waals surface area contributed by atoms with Gasteiger partial charge in [-0.15, -0.1) is 0 Å². The Hall–Kier alpha value is -3.95. The van der Waals surface area contributed by atoms with Crippen molar-refractivity contribution in [3.8, 4) is 22.8 Å². The molecule has 0 bridgehead atoms. The third-order valence-electron chi connectivity index (χ3n) is 5.60. The van der Waals surface area contributed by atoms with Crippen LogP contribution >= 0.6 is 0 Å². The Bertz CT molecular complexity index is 1170. The van der Waals surface area contributed by atoms with Gasteiger partial charge in [0.05, 0.1) is 23.5 Å². The lowest BCUT2D eigenvalue weighted by molar-refractivity contribution is 0.350. The van der Waals surface area contributed by atoms with Crippen molar-refractivity contribution in [1.82, 2.24) is 35.1 Å². The van der Waals surface area contributed by atoms with Gasteiger partial charge in [0.2, 0.25) is 5.95 Å². The van der Waals surface area contributed by atoms with E-state index in [0.717, 1.165) is 23.4 Å². The highest BCUT2D eigenvalue weighted by Gasteiger charge is 2.38. The van der Waals surface area contributed by atoms with Crippen molar-refractivity contribution in [3.05, 3.63) is 54.5 Å². The highest BCUT2D eigenvalue weighted by Crippen LogP contribution is 2.38. The Kier molecular flexibility index (Phi) is 5.76. The fourth-order valence-corrected chi connectivity index (χ4v) is 3.31. The van der Waals surface area contributed by atoms with Gasteiger partial charge in [-0.05, 0) is 31.4 Å². The number of nitrogens with two attached hydrogens (primary N) is 1. The molecule has 164 valence electrons. The number of rotatable bonds is 7. The maximum atomic E-state index is 5.57. The standard InChI is InChI=1S/C22H25N9O/c1-5-24-18-12-26-17(11-27-18)19-30-20(31-32-19)22(4,13(2)3)15-6-7-16(25-10-15)14-8-28-21(23)29-9-14/h6-13H,5H2,1-4H3,(H,24,27)(H2,23,28,29). The molecule has 0 saturated carbocycles. The van der Waals surface area contributed by atoms with E-state index in [1.165, 1.54) is 0 Å². The van der Waals surface area contributed by atoms with Gasteiger partial charge in [-0.3, -0.25) is 4.98 Å². The minimum Gasteiger partial charge on any atom is -0.369 e. The van der Waals surface area contributed by atoms with E-state index in [2.05, 4.69) is 61.1 Å². The summed E-state index contributed by atoms with van der Waals surface area (Å²) in [5.74, 6) is 1.98. The van der Waals surface area contributed by atoms with Crippen LogP contribution in [0.15, 0.2) is 47.6 Å². The number of nitrogens with one attached hydrogen (secondary N) is 1. The monoisotopic (exact) mass is 431 g/mol. The molecule has 0 fully saturated rings. The molecule has 0 saturated heterocycles. The summed E-state index contributed by atoms with van der Waals surface area (Å²) in [7, 11) is 0. The molecule has 0 aliphatic carbocycles. The van der Waals surface area contributed by atoms with Crippen molar-refractivity contribution in [1.29, 1.82) is 0 Å². The van der Waals surface area contributed by atoms with Crippen molar-refractivity contribution in [2.45, 2.75) is 33.1 Å². The van der Waals surface area contributed by atoms with Crippen molar-refractivity contribution < 1.29 is 4.52 Å². The number of hydrogen-bond acceptors (Lipinski definition) is 10. The van der Waals surface area contributed by atoms with E-state index in [0.29, 0.717) is 23.2 Å². The maximum Gasteiger partial charge on any atom is 0.278 e. The Labute approximate surface area is 185 Å². The van der Waals surface area contributed by atoms with E-state index in [9.17, 15) is 0 Å². The molecular formula is C22H25N9O. The van der Waals surface area contributed by atoms with Gasteiger partial charge in [0.15, 0.2) is 5.82 Å². The summed E-state index contributed by atoms with van der Waals surface area (Å²) < 4.78 is 5.54. The first-order valence-corrected chi connectivity index (χ1v) is 10.4. The maximum absolute atomic E-state index is 5.57. The average Bonchev–Trinajstić information content (AvgIpc) is 3.30. The van der Waals surface area contributed by atoms with Crippen LogP contribution in [0.5, 0.6) is 0 Å². The van der Waals surface area contributed by atoms with Crippen LogP contribution in [-0.2, 0) is 5.41 Å². The van der Waals surface area contributed by atoms with Crippen LogP contribution in [0.3, 0.4) is 0 Å². The van der Waals surface area contributed by atoms with Crippen molar-refractivity contribution >= 4 is 11.8 Å². The van der Waals surface area contributed by atoms with Gasteiger partial charge in [-0.2, -0.15) is 4.98 Å². The molecule has 0 aliphatic heterocycles. The zero-order valence-corrected chi connectivity index (χ0v) is 18.4. The second kappa shape index (κ2) is 8.66. The predicted molar refractivity (Wildman–Crippen MR) is 120 cm³/mol. The number of anilines is 2. The minimum atomic E-state index is -0.526. The molecule has 1 unspecified atom stereocenters. The average molecular weight is 432 g/mol. The second-order valence-electron chi connectivity index (χ2n) is 7.86. The fraction of sp³-hybridized carbons (Fsp3) is 0.318. The van der Waals surface area contributed by atoms with Gasteiger partial charge in [0, 0.05) is 30.7 Å². The lowest BCUT2D eigenvalue weighted by atomic mass is 9.73. The van der Waals surface area contributed by atoms with Gasteiger partial charge in [-0.25, -0.2) is 19.9 Å². The minimum absolute atomic E-state index is 0.169. The molecule has 3 N–H and O–H groups in total. The third kappa shape index (κ3) is 3.98. The van der Waals surface area contributed by atoms with E-state index in [-0.39, 0.29) is 11.9 Å². The summed E-state index contributed by atoms with van der Waals surface area (Å²) in [5.41, 5.74) is 8.08. The van der Waals surface area contributed by atoms with Crippen molar-refractivity contribution in [3.63, 3.8) is 0 Å². The van der Waals surface area contributed by atoms with Gasteiger partial charge in [0.25, 0.3) is 5.89 Å². The summed E-state index contributed by atoms with van der Waals surface area (Å²) in [6.45, 7) is 9.07. The molecular weight excluding hydrogens is 406 g/mol. The SMILES string of the molecule is CCNc1cnc(-c2nc(C(C)(c3ccc(-c4cnc(N)nc4)nc3)C(C)C)no2)cn1. The summed E-state index contributed by atoms with van der Waals surface area (Å²) in [6, 6.07) is 3.94. The Morgan fingerprint density at radius 2 is 1.72 bits per heavy atom. The Morgan fingerprint density at radius 3 is 2.31 bits per heavy atom. The van der Waals surface area contributed by atoms with Crippen LogP contribution in [-0.4, -0.2) is 41.6 Å². The highest BCUT2D eigenvalue weighted by molar-refractivity contribution is 5.57. The van der Waals surface area contributed by atoms with Crippen LogP contribution < -0.4 is 11.1 Å². The molecule has 10 heteroatoms. The molecule has 0 aromatic carbocycles. The normalized spacial score (nSPS) is 13.2. The zero-order chi connectivity index (χ0) is 22.7. The quantitative estimate of drug-likeness (QED) is 0.447.